The average Bonchev–Trinajstić information content (AvgIpc) is 3.26. The smallest absolute Gasteiger partial charge is 0.420 e. The molecule has 2 aromatic rings. The summed E-state index contributed by atoms with van der Waals surface area (Å²) in [6, 6.07) is 4.31. The van der Waals surface area contributed by atoms with Crippen LogP contribution >= 0.6 is 0 Å². The van der Waals surface area contributed by atoms with E-state index in [4.69, 9.17) is 9.15 Å². The molecule has 0 saturated heterocycles. The number of ether oxygens (including phenoxy) is 1. The fourth-order valence-electron chi connectivity index (χ4n) is 2.54. The number of esters is 1. The number of furan rings is 1. The number of carbonyl (C=O) groups excluding carboxylic acids is 1. The van der Waals surface area contributed by atoms with Crippen molar-refractivity contribution in [1.29, 1.82) is 5.26 Å². The van der Waals surface area contributed by atoms with Gasteiger partial charge in [-0.15, -0.1) is 0 Å². The van der Waals surface area contributed by atoms with Crippen molar-refractivity contribution < 1.29 is 27.1 Å². The van der Waals surface area contributed by atoms with E-state index in [0.29, 0.717) is 5.56 Å². The molecule has 0 spiro atoms. The van der Waals surface area contributed by atoms with E-state index in [9.17, 15) is 23.2 Å². The zero-order valence-corrected chi connectivity index (χ0v) is 12.2. The third-order valence-corrected chi connectivity index (χ3v) is 3.74. The first-order valence-corrected chi connectivity index (χ1v) is 7.11. The molecule has 0 atom stereocenters. The van der Waals surface area contributed by atoms with E-state index >= 15 is 0 Å². The maximum atomic E-state index is 13.3. The minimum Gasteiger partial charge on any atom is -0.460 e. The van der Waals surface area contributed by atoms with Crippen LogP contribution in [0.1, 0.15) is 52.9 Å². The molecule has 0 N–H and O–H groups in total. The molecule has 1 fully saturated rings. The van der Waals surface area contributed by atoms with E-state index < -0.39 is 29.1 Å². The molecule has 4 nitrogen and oxygen atoms in total. The molecule has 0 amide bonds. The first kappa shape index (κ1) is 15.4. The van der Waals surface area contributed by atoms with Gasteiger partial charge in [0, 0.05) is 5.39 Å². The Kier molecular flexibility index (Phi) is 3.55. The van der Waals surface area contributed by atoms with Gasteiger partial charge < -0.3 is 9.15 Å². The van der Waals surface area contributed by atoms with Crippen molar-refractivity contribution in [3.8, 4) is 6.07 Å². The number of rotatable bonds is 3. The van der Waals surface area contributed by atoms with Crippen molar-refractivity contribution in [2.24, 2.45) is 0 Å². The third kappa shape index (κ3) is 2.65. The Bertz CT molecular complexity index is 826. The van der Waals surface area contributed by atoms with Crippen LogP contribution in [0.5, 0.6) is 0 Å². The largest absolute Gasteiger partial charge is 0.460 e. The van der Waals surface area contributed by atoms with Crippen molar-refractivity contribution in [3.05, 3.63) is 34.6 Å². The summed E-state index contributed by atoms with van der Waals surface area (Å²) in [6.45, 7) is 1.58. The lowest BCUT2D eigenvalue weighted by Gasteiger charge is -2.09. The van der Waals surface area contributed by atoms with Gasteiger partial charge in [0.15, 0.2) is 0 Å². The van der Waals surface area contributed by atoms with Gasteiger partial charge >= 0.3 is 12.1 Å². The molecule has 0 unspecified atom stereocenters. The van der Waals surface area contributed by atoms with Crippen molar-refractivity contribution in [2.75, 3.05) is 6.61 Å². The fourth-order valence-corrected chi connectivity index (χ4v) is 2.54. The van der Waals surface area contributed by atoms with E-state index in [0.717, 1.165) is 18.9 Å². The van der Waals surface area contributed by atoms with E-state index in [-0.39, 0.29) is 23.5 Å². The second kappa shape index (κ2) is 5.30. The normalized spacial score (nSPS) is 14.7. The number of benzene rings is 1. The van der Waals surface area contributed by atoms with Gasteiger partial charge in [-0.3, -0.25) is 0 Å². The number of halogens is 3. The number of nitriles is 1. The number of nitrogens with zero attached hydrogens (tertiary/aromatic N) is 1. The molecule has 0 bridgehead atoms. The van der Waals surface area contributed by atoms with Crippen molar-refractivity contribution >= 4 is 16.9 Å². The number of hydrogen-bond donors (Lipinski definition) is 0. The molecule has 1 aliphatic rings. The fraction of sp³-hybridized carbons (Fsp3) is 0.375. The molecule has 0 radical (unpaired) electrons. The van der Waals surface area contributed by atoms with Gasteiger partial charge in [0.25, 0.3) is 0 Å². The Balaban J connectivity index is 2.30. The highest BCUT2D eigenvalue weighted by atomic mass is 19.4. The molecule has 1 aliphatic carbocycles. The maximum absolute atomic E-state index is 13.3. The lowest BCUT2D eigenvalue weighted by atomic mass is 10.0. The predicted molar refractivity (Wildman–Crippen MR) is 73.9 cm³/mol. The summed E-state index contributed by atoms with van der Waals surface area (Å²) < 4.78 is 49.8. The average molecular weight is 323 g/mol. The molecule has 120 valence electrons. The summed E-state index contributed by atoms with van der Waals surface area (Å²) >= 11 is 0. The van der Waals surface area contributed by atoms with Crippen LogP contribution in [0.25, 0.3) is 11.0 Å². The molecule has 1 saturated carbocycles. The van der Waals surface area contributed by atoms with Gasteiger partial charge in [0.05, 0.1) is 12.2 Å². The minimum atomic E-state index is -4.64. The quantitative estimate of drug-likeness (QED) is 0.787. The summed E-state index contributed by atoms with van der Waals surface area (Å²) in [5, 5.41) is 9.27. The van der Waals surface area contributed by atoms with Crippen LogP contribution in [-0.4, -0.2) is 12.6 Å². The zero-order valence-electron chi connectivity index (χ0n) is 12.2. The van der Waals surface area contributed by atoms with Gasteiger partial charge in [0.1, 0.15) is 17.2 Å². The highest BCUT2D eigenvalue weighted by Gasteiger charge is 2.38. The lowest BCUT2D eigenvalue weighted by molar-refractivity contribution is -0.136. The van der Waals surface area contributed by atoms with Crippen LogP contribution in [0.4, 0.5) is 13.2 Å². The molecule has 1 aromatic carbocycles. The zero-order chi connectivity index (χ0) is 16.8. The molecule has 23 heavy (non-hydrogen) atoms. The van der Waals surface area contributed by atoms with Gasteiger partial charge in [-0.1, -0.05) is 0 Å². The van der Waals surface area contributed by atoms with Crippen LogP contribution in [-0.2, 0) is 10.9 Å². The van der Waals surface area contributed by atoms with Gasteiger partial charge in [-0.05, 0) is 43.4 Å². The van der Waals surface area contributed by atoms with Crippen LogP contribution < -0.4 is 0 Å². The van der Waals surface area contributed by atoms with E-state index in [1.54, 1.807) is 13.0 Å². The van der Waals surface area contributed by atoms with Crippen LogP contribution in [0, 0.1) is 11.3 Å². The SMILES string of the molecule is CCOC(=O)c1oc2c(C(F)(F)F)cc(C3CC3)cc2c1C#N. The van der Waals surface area contributed by atoms with Crippen LogP contribution in [0.2, 0.25) is 0 Å². The first-order valence-electron chi connectivity index (χ1n) is 7.11. The first-order chi connectivity index (χ1) is 10.9. The standard InChI is InChI=1S/C16H12F3NO3/c1-2-22-15(21)14-11(7-20)10-5-9(8-3-4-8)6-12(13(10)23-14)16(17,18)19/h5-6,8H,2-4H2,1H3. The monoisotopic (exact) mass is 323 g/mol. The topological polar surface area (TPSA) is 63.2 Å². The lowest BCUT2D eigenvalue weighted by Crippen LogP contribution is -2.06. The predicted octanol–water partition coefficient (Wildman–Crippen LogP) is 4.38. The van der Waals surface area contributed by atoms with Gasteiger partial charge in [-0.2, -0.15) is 18.4 Å². The van der Waals surface area contributed by atoms with E-state index in [2.05, 4.69) is 0 Å². The second-order valence-corrected chi connectivity index (χ2v) is 5.36. The van der Waals surface area contributed by atoms with Crippen molar-refractivity contribution in [2.45, 2.75) is 31.9 Å². The third-order valence-electron chi connectivity index (χ3n) is 3.74. The molecule has 3 rings (SSSR count). The summed E-state index contributed by atoms with van der Waals surface area (Å²) in [4.78, 5) is 11.8. The molecule has 0 aliphatic heterocycles. The Morgan fingerprint density at radius 2 is 2.13 bits per heavy atom. The van der Waals surface area contributed by atoms with Crippen molar-refractivity contribution in [3.63, 3.8) is 0 Å². The summed E-state index contributed by atoms with van der Waals surface area (Å²) in [6.07, 6.45) is -3.01. The highest BCUT2D eigenvalue weighted by molar-refractivity contribution is 5.99. The summed E-state index contributed by atoms with van der Waals surface area (Å²) in [7, 11) is 0. The van der Waals surface area contributed by atoms with Crippen molar-refractivity contribution in [1.82, 2.24) is 0 Å². The van der Waals surface area contributed by atoms with Gasteiger partial charge in [-0.25, -0.2) is 4.79 Å². The van der Waals surface area contributed by atoms with E-state index in [1.807, 2.05) is 0 Å². The molecular weight excluding hydrogens is 311 g/mol. The number of carbonyl (C=O) groups is 1. The Morgan fingerprint density at radius 1 is 1.43 bits per heavy atom. The molecular formula is C16H12F3NO3. The Labute approximate surface area is 129 Å². The molecule has 7 heteroatoms. The maximum Gasteiger partial charge on any atom is 0.420 e. The van der Waals surface area contributed by atoms with Crippen LogP contribution in [0.15, 0.2) is 16.5 Å². The number of fused-ring (bicyclic) bond motifs is 1. The summed E-state index contributed by atoms with van der Waals surface area (Å²) in [5.41, 5.74) is -1.17. The number of hydrogen-bond acceptors (Lipinski definition) is 4. The Hall–Kier alpha value is -2.49. The Morgan fingerprint density at radius 3 is 2.65 bits per heavy atom. The molecule has 1 aromatic heterocycles. The second-order valence-electron chi connectivity index (χ2n) is 5.36. The minimum absolute atomic E-state index is 0.00674. The highest BCUT2D eigenvalue weighted by Crippen LogP contribution is 2.45. The van der Waals surface area contributed by atoms with Crippen LogP contribution in [0.3, 0.4) is 0 Å². The van der Waals surface area contributed by atoms with Gasteiger partial charge in [0.2, 0.25) is 5.76 Å². The van der Waals surface area contributed by atoms with E-state index in [1.165, 1.54) is 6.07 Å². The number of alkyl halides is 3. The summed E-state index contributed by atoms with van der Waals surface area (Å²) in [5.74, 6) is -1.36. The molecule has 1 heterocycles.